The summed E-state index contributed by atoms with van der Waals surface area (Å²) in [6, 6.07) is 4.04. The third-order valence-corrected chi connectivity index (χ3v) is 5.16. The predicted octanol–water partition coefficient (Wildman–Crippen LogP) is 2.27. The first kappa shape index (κ1) is 14.5. The Labute approximate surface area is 126 Å². The Kier molecular flexibility index (Phi) is 4.24. The summed E-state index contributed by atoms with van der Waals surface area (Å²) in [6.07, 6.45) is 9.36. The molecule has 3 rings (SSSR count). The average molecular weight is 287 g/mol. The zero-order chi connectivity index (χ0) is 14.7. The quantitative estimate of drug-likeness (QED) is 0.849. The van der Waals surface area contributed by atoms with E-state index >= 15 is 0 Å². The number of aromatic nitrogens is 1. The number of pyridine rings is 1. The van der Waals surface area contributed by atoms with Crippen LogP contribution >= 0.6 is 0 Å². The number of fused-ring (bicyclic) bond motifs is 1. The monoisotopic (exact) mass is 287 g/mol. The third kappa shape index (κ3) is 2.82. The third-order valence-electron chi connectivity index (χ3n) is 5.16. The van der Waals surface area contributed by atoms with E-state index in [9.17, 15) is 4.79 Å². The number of carbonyl (C=O) groups is 1. The second kappa shape index (κ2) is 6.14. The highest BCUT2D eigenvalue weighted by atomic mass is 16.2. The van der Waals surface area contributed by atoms with Gasteiger partial charge in [0.05, 0.1) is 5.41 Å². The van der Waals surface area contributed by atoms with E-state index in [1.165, 1.54) is 18.4 Å². The van der Waals surface area contributed by atoms with Crippen molar-refractivity contribution in [1.82, 2.24) is 9.88 Å². The minimum atomic E-state index is -0.309. The molecule has 0 unspecified atom stereocenters. The Morgan fingerprint density at radius 3 is 2.76 bits per heavy atom. The van der Waals surface area contributed by atoms with Gasteiger partial charge in [0.1, 0.15) is 0 Å². The summed E-state index contributed by atoms with van der Waals surface area (Å²) in [5.41, 5.74) is 8.08. The van der Waals surface area contributed by atoms with Crippen LogP contribution < -0.4 is 5.73 Å². The van der Waals surface area contributed by atoms with E-state index in [0.717, 1.165) is 44.3 Å². The Morgan fingerprint density at radius 1 is 1.29 bits per heavy atom. The zero-order valence-corrected chi connectivity index (χ0v) is 12.7. The van der Waals surface area contributed by atoms with E-state index in [0.29, 0.717) is 13.1 Å². The minimum absolute atomic E-state index is 0.279. The minimum Gasteiger partial charge on any atom is -0.337 e. The normalized spacial score (nSPS) is 21.5. The number of nitrogens with zero attached hydrogens (tertiary/aromatic N) is 2. The van der Waals surface area contributed by atoms with Crippen molar-refractivity contribution in [1.29, 1.82) is 0 Å². The maximum Gasteiger partial charge on any atom is 0.230 e. The molecule has 2 aliphatic rings. The number of hydrogen-bond donors (Lipinski definition) is 1. The van der Waals surface area contributed by atoms with Gasteiger partial charge < -0.3 is 10.6 Å². The molecule has 1 amide bonds. The molecule has 0 aromatic carbocycles. The number of amides is 1. The number of hydrogen-bond acceptors (Lipinski definition) is 3. The van der Waals surface area contributed by atoms with Gasteiger partial charge in [-0.15, -0.1) is 0 Å². The van der Waals surface area contributed by atoms with E-state index in [2.05, 4.69) is 11.1 Å². The van der Waals surface area contributed by atoms with E-state index in [4.69, 9.17) is 5.73 Å². The summed E-state index contributed by atoms with van der Waals surface area (Å²) in [5.74, 6) is 0.279. The first-order valence-electron chi connectivity index (χ1n) is 8.17. The van der Waals surface area contributed by atoms with Crippen LogP contribution in [0.4, 0.5) is 0 Å². The smallest absolute Gasteiger partial charge is 0.230 e. The van der Waals surface area contributed by atoms with Gasteiger partial charge in [-0.2, -0.15) is 0 Å². The van der Waals surface area contributed by atoms with Crippen molar-refractivity contribution < 1.29 is 4.79 Å². The molecule has 1 aliphatic carbocycles. The molecule has 1 aliphatic heterocycles. The highest BCUT2D eigenvalue weighted by Gasteiger charge is 2.40. The number of rotatable bonds is 2. The summed E-state index contributed by atoms with van der Waals surface area (Å²) in [5, 5.41) is 0. The Hall–Kier alpha value is -1.42. The topological polar surface area (TPSA) is 59.2 Å². The molecular formula is C17H25N3O. The Balaban J connectivity index is 1.78. The van der Waals surface area contributed by atoms with Gasteiger partial charge in [-0.3, -0.25) is 9.78 Å². The summed E-state index contributed by atoms with van der Waals surface area (Å²) < 4.78 is 0. The average Bonchev–Trinajstić information content (AvgIpc) is 2.80. The second-order valence-corrected chi connectivity index (χ2v) is 6.48. The van der Waals surface area contributed by atoms with Crippen LogP contribution in [-0.4, -0.2) is 28.9 Å². The molecule has 21 heavy (non-hydrogen) atoms. The lowest BCUT2D eigenvalue weighted by Gasteiger charge is -2.38. The molecule has 114 valence electrons. The van der Waals surface area contributed by atoms with Crippen molar-refractivity contribution in [3.8, 4) is 0 Å². The molecule has 0 saturated heterocycles. The SMILES string of the molecule is NCC1(C(=O)N2CCc3ncccc3C2)CCCCCC1. The molecule has 0 atom stereocenters. The maximum absolute atomic E-state index is 13.1. The van der Waals surface area contributed by atoms with Crippen molar-refractivity contribution in [3.63, 3.8) is 0 Å². The fourth-order valence-corrected chi connectivity index (χ4v) is 3.79. The highest BCUT2D eigenvalue weighted by molar-refractivity contribution is 5.83. The lowest BCUT2D eigenvalue weighted by molar-refractivity contribution is -0.143. The van der Waals surface area contributed by atoms with Crippen LogP contribution in [0.1, 0.15) is 49.8 Å². The van der Waals surface area contributed by atoms with Crippen LogP contribution in [0.3, 0.4) is 0 Å². The molecule has 1 aromatic rings. The Morgan fingerprint density at radius 2 is 2.05 bits per heavy atom. The molecule has 0 bridgehead atoms. The van der Waals surface area contributed by atoms with Gasteiger partial charge in [0.2, 0.25) is 5.91 Å². The van der Waals surface area contributed by atoms with Crippen LogP contribution in [0.15, 0.2) is 18.3 Å². The largest absolute Gasteiger partial charge is 0.337 e. The number of carbonyl (C=O) groups excluding carboxylic acids is 1. The van der Waals surface area contributed by atoms with Gasteiger partial charge in [-0.05, 0) is 24.5 Å². The summed E-state index contributed by atoms with van der Waals surface area (Å²) in [6.45, 7) is 1.97. The van der Waals surface area contributed by atoms with Crippen molar-refractivity contribution in [3.05, 3.63) is 29.6 Å². The molecule has 1 fully saturated rings. The second-order valence-electron chi connectivity index (χ2n) is 6.48. The van der Waals surface area contributed by atoms with Crippen LogP contribution in [0.25, 0.3) is 0 Å². The molecular weight excluding hydrogens is 262 g/mol. The summed E-state index contributed by atoms with van der Waals surface area (Å²) in [4.78, 5) is 19.5. The van der Waals surface area contributed by atoms with Gasteiger partial charge in [-0.1, -0.05) is 31.7 Å². The standard InChI is InChI=1S/C17H25N3O/c18-13-17(8-3-1-2-4-9-17)16(21)20-11-7-15-14(12-20)6-5-10-19-15/h5-6,10H,1-4,7-9,11-13,18H2. The Bertz CT molecular complexity index is 507. The first-order valence-corrected chi connectivity index (χ1v) is 8.17. The van der Waals surface area contributed by atoms with Gasteiger partial charge in [0.25, 0.3) is 0 Å². The van der Waals surface area contributed by atoms with Gasteiger partial charge >= 0.3 is 0 Å². The van der Waals surface area contributed by atoms with Gasteiger partial charge in [-0.25, -0.2) is 0 Å². The van der Waals surface area contributed by atoms with Crippen LogP contribution in [0.2, 0.25) is 0 Å². The highest BCUT2D eigenvalue weighted by Crippen LogP contribution is 2.37. The van der Waals surface area contributed by atoms with Crippen molar-refractivity contribution in [2.24, 2.45) is 11.1 Å². The van der Waals surface area contributed by atoms with Crippen molar-refractivity contribution in [2.45, 2.75) is 51.5 Å². The molecule has 2 heterocycles. The fraction of sp³-hybridized carbons (Fsp3) is 0.647. The molecule has 0 spiro atoms. The number of nitrogens with two attached hydrogens (primary N) is 1. The lowest BCUT2D eigenvalue weighted by atomic mass is 9.78. The van der Waals surface area contributed by atoms with Gasteiger partial charge in [0.15, 0.2) is 0 Å². The van der Waals surface area contributed by atoms with E-state index in [1.807, 2.05) is 17.2 Å². The fourth-order valence-electron chi connectivity index (χ4n) is 3.79. The molecule has 4 heteroatoms. The predicted molar refractivity (Wildman–Crippen MR) is 82.5 cm³/mol. The van der Waals surface area contributed by atoms with Crippen LogP contribution in [0, 0.1) is 5.41 Å². The van der Waals surface area contributed by atoms with Crippen LogP contribution in [0.5, 0.6) is 0 Å². The lowest BCUT2D eigenvalue weighted by Crippen LogP contribution is -2.49. The summed E-state index contributed by atoms with van der Waals surface area (Å²) >= 11 is 0. The molecule has 0 radical (unpaired) electrons. The van der Waals surface area contributed by atoms with E-state index in [-0.39, 0.29) is 11.3 Å². The van der Waals surface area contributed by atoms with Crippen molar-refractivity contribution in [2.75, 3.05) is 13.1 Å². The van der Waals surface area contributed by atoms with Crippen molar-refractivity contribution >= 4 is 5.91 Å². The zero-order valence-electron chi connectivity index (χ0n) is 12.7. The molecule has 1 saturated carbocycles. The molecule has 1 aromatic heterocycles. The van der Waals surface area contributed by atoms with Gasteiger partial charge in [0, 0.05) is 37.9 Å². The first-order chi connectivity index (χ1) is 10.2. The van der Waals surface area contributed by atoms with E-state index in [1.54, 1.807) is 0 Å². The molecule has 2 N–H and O–H groups in total. The summed E-state index contributed by atoms with van der Waals surface area (Å²) in [7, 11) is 0. The molecule has 4 nitrogen and oxygen atoms in total. The van der Waals surface area contributed by atoms with Crippen LogP contribution in [-0.2, 0) is 17.8 Å². The van der Waals surface area contributed by atoms with E-state index < -0.39 is 0 Å². The maximum atomic E-state index is 13.1.